The summed E-state index contributed by atoms with van der Waals surface area (Å²) in [6, 6.07) is 0. The lowest BCUT2D eigenvalue weighted by atomic mass is 10.0. The molecule has 0 amide bonds. The summed E-state index contributed by atoms with van der Waals surface area (Å²) >= 11 is 1.95. The molecule has 0 spiro atoms. The molecule has 112 valence electrons. The summed E-state index contributed by atoms with van der Waals surface area (Å²) in [6.45, 7) is 9.45. The van der Waals surface area contributed by atoms with Crippen molar-refractivity contribution in [1.82, 2.24) is 10.3 Å². The third-order valence-corrected chi connectivity index (χ3v) is 5.29. The van der Waals surface area contributed by atoms with E-state index in [-0.39, 0.29) is 5.54 Å². The van der Waals surface area contributed by atoms with E-state index in [1.54, 1.807) is 0 Å². The van der Waals surface area contributed by atoms with Gasteiger partial charge in [0.15, 0.2) is 0 Å². The van der Waals surface area contributed by atoms with Gasteiger partial charge in [-0.25, -0.2) is 4.98 Å². The van der Waals surface area contributed by atoms with Crippen LogP contribution >= 0.6 is 11.3 Å². The Morgan fingerprint density at radius 3 is 2.45 bits per heavy atom. The molecule has 2 heterocycles. The summed E-state index contributed by atoms with van der Waals surface area (Å²) in [7, 11) is 0. The molecule has 2 aliphatic rings. The first-order valence-corrected chi connectivity index (χ1v) is 8.67. The van der Waals surface area contributed by atoms with Gasteiger partial charge in [0, 0.05) is 42.0 Å². The van der Waals surface area contributed by atoms with Gasteiger partial charge in [-0.2, -0.15) is 0 Å². The first-order valence-electron chi connectivity index (χ1n) is 7.85. The lowest BCUT2D eigenvalue weighted by Gasteiger charge is -2.20. The van der Waals surface area contributed by atoms with Crippen LogP contribution < -0.4 is 5.32 Å². The summed E-state index contributed by atoms with van der Waals surface area (Å²) in [5, 5.41) is 4.99. The maximum absolute atomic E-state index is 5.47. The third-order valence-electron chi connectivity index (χ3n) is 4.06. The average molecular weight is 294 g/mol. The minimum atomic E-state index is 0.170. The zero-order chi connectivity index (χ0) is 14.2. The third kappa shape index (κ3) is 3.60. The van der Waals surface area contributed by atoms with E-state index in [4.69, 9.17) is 9.72 Å². The molecule has 3 rings (SSSR count). The van der Waals surface area contributed by atoms with E-state index in [0.29, 0.717) is 5.92 Å². The Morgan fingerprint density at radius 2 is 1.85 bits per heavy atom. The van der Waals surface area contributed by atoms with Crippen LogP contribution in [0.1, 0.15) is 73.9 Å². The number of nitrogens with one attached hydrogen (secondary N) is 1. The predicted molar refractivity (Wildman–Crippen MR) is 83.5 cm³/mol. The Bertz CT molecular complexity index is 454. The Hall–Kier alpha value is -0.450. The van der Waals surface area contributed by atoms with Crippen molar-refractivity contribution in [3.8, 4) is 0 Å². The van der Waals surface area contributed by atoms with Crippen molar-refractivity contribution in [2.45, 2.75) is 70.4 Å². The molecule has 1 saturated carbocycles. The molecular formula is C16H26N2OS. The lowest BCUT2D eigenvalue weighted by Crippen LogP contribution is -2.35. The fourth-order valence-electron chi connectivity index (χ4n) is 2.65. The number of aromatic nitrogens is 1. The van der Waals surface area contributed by atoms with E-state index in [1.165, 1.54) is 28.4 Å². The van der Waals surface area contributed by atoms with Crippen LogP contribution in [0.15, 0.2) is 0 Å². The molecule has 0 radical (unpaired) electrons. The highest BCUT2D eigenvalue weighted by molar-refractivity contribution is 7.11. The van der Waals surface area contributed by atoms with Crippen LogP contribution in [0.3, 0.4) is 0 Å². The molecule has 1 aliphatic carbocycles. The lowest BCUT2D eigenvalue weighted by molar-refractivity contribution is 0.0852. The Balaban J connectivity index is 1.75. The number of ether oxygens (including phenoxy) is 1. The van der Waals surface area contributed by atoms with Crippen molar-refractivity contribution in [3.05, 3.63) is 15.6 Å². The van der Waals surface area contributed by atoms with Crippen LogP contribution in [-0.2, 0) is 11.3 Å². The maximum Gasteiger partial charge on any atom is 0.0964 e. The normalized spacial score (nSPS) is 21.4. The van der Waals surface area contributed by atoms with Gasteiger partial charge in [0.2, 0.25) is 0 Å². The largest absolute Gasteiger partial charge is 0.381 e. The molecule has 1 aromatic heterocycles. The fourth-order valence-corrected chi connectivity index (χ4v) is 3.91. The highest BCUT2D eigenvalue weighted by Crippen LogP contribution is 2.44. The molecule has 1 saturated heterocycles. The van der Waals surface area contributed by atoms with Crippen LogP contribution in [0.25, 0.3) is 0 Å². The van der Waals surface area contributed by atoms with Gasteiger partial charge >= 0.3 is 0 Å². The first kappa shape index (κ1) is 14.5. The fraction of sp³-hybridized carbons (Fsp3) is 0.812. The van der Waals surface area contributed by atoms with E-state index < -0.39 is 0 Å². The maximum atomic E-state index is 5.47. The molecule has 20 heavy (non-hydrogen) atoms. The van der Waals surface area contributed by atoms with Gasteiger partial charge in [-0.3, -0.25) is 0 Å². The Morgan fingerprint density at radius 1 is 1.15 bits per heavy atom. The molecule has 1 aliphatic heterocycles. The van der Waals surface area contributed by atoms with E-state index in [2.05, 4.69) is 26.1 Å². The van der Waals surface area contributed by atoms with Crippen molar-refractivity contribution in [1.29, 1.82) is 0 Å². The van der Waals surface area contributed by atoms with Gasteiger partial charge in [-0.05, 0) is 46.5 Å². The average Bonchev–Trinajstić information content (AvgIpc) is 3.17. The molecule has 3 nitrogen and oxygen atoms in total. The van der Waals surface area contributed by atoms with E-state index in [1.807, 2.05) is 11.3 Å². The van der Waals surface area contributed by atoms with Gasteiger partial charge in [0.1, 0.15) is 0 Å². The molecule has 0 unspecified atom stereocenters. The second-order valence-corrected chi connectivity index (χ2v) is 8.24. The standard InChI is InChI=1S/C16H26N2OS/c1-16(2,3)17-10-13-14(11-4-5-11)18-15(20-13)12-6-8-19-9-7-12/h11-12,17H,4-10H2,1-3H3. The van der Waals surface area contributed by atoms with Gasteiger partial charge in [0.25, 0.3) is 0 Å². The zero-order valence-corrected chi connectivity index (χ0v) is 13.7. The van der Waals surface area contributed by atoms with Gasteiger partial charge in [0.05, 0.1) is 10.7 Å². The summed E-state index contributed by atoms with van der Waals surface area (Å²) in [4.78, 5) is 6.50. The number of thiazole rings is 1. The second kappa shape index (κ2) is 5.74. The second-order valence-electron chi connectivity index (χ2n) is 7.12. The molecule has 1 aromatic rings. The minimum absolute atomic E-state index is 0.170. The number of rotatable bonds is 4. The van der Waals surface area contributed by atoms with E-state index in [9.17, 15) is 0 Å². The molecule has 2 fully saturated rings. The smallest absolute Gasteiger partial charge is 0.0964 e. The molecule has 0 bridgehead atoms. The van der Waals surface area contributed by atoms with Crippen molar-refractivity contribution in [3.63, 3.8) is 0 Å². The topological polar surface area (TPSA) is 34.1 Å². The Kier molecular flexibility index (Phi) is 4.16. The van der Waals surface area contributed by atoms with Crippen molar-refractivity contribution in [2.75, 3.05) is 13.2 Å². The van der Waals surface area contributed by atoms with Gasteiger partial charge in [-0.15, -0.1) is 11.3 Å². The zero-order valence-electron chi connectivity index (χ0n) is 12.9. The van der Waals surface area contributed by atoms with Crippen LogP contribution in [0, 0.1) is 0 Å². The summed E-state index contributed by atoms with van der Waals surface area (Å²) < 4.78 is 5.47. The van der Waals surface area contributed by atoms with Crippen LogP contribution in [-0.4, -0.2) is 23.7 Å². The van der Waals surface area contributed by atoms with Crippen molar-refractivity contribution >= 4 is 11.3 Å². The molecule has 0 atom stereocenters. The van der Waals surface area contributed by atoms with Crippen LogP contribution in [0.5, 0.6) is 0 Å². The van der Waals surface area contributed by atoms with Gasteiger partial charge in [-0.1, -0.05) is 0 Å². The quantitative estimate of drug-likeness (QED) is 0.917. The van der Waals surface area contributed by atoms with E-state index in [0.717, 1.165) is 38.5 Å². The van der Waals surface area contributed by atoms with Crippen LogP contribution in [0.2, 0.25) is 0 Å². The highest BCUT2D eigenvalue weighted by atomic mass is 32.1. The summed E-state index contributed by atoms with van der Waals surface area (Å²) in [6.07, 6.45) is 4.95. The molecule has 4 heteroatoms. The summed E-state index contributed by atoms with van der Waals surface area (Å²) in [5.41, 5.74) is 1.57. The minimum Gasteiger partial charge on any atom is -0.381 e. The number of nitrogens with zero attached hydrogens (tertiary/aromatic N) is 1. The van der Waals surface area contributed by atoms with Gasteiger partial charge < -0.3 is 10.1 Å². The summed E-state index contributed by atoms with van der Waals surface area (Å²) in [5.74, 6) is 1.38. The number of hydrogen-bond acceptors (Lipinski definition) is 4. The molecule has 0 aromatic carbocycles. The molecular weight excluding hydrogens is 268 g/mol. The van der Waals surface area contributed by atoms with Crippen molar-refractivity contribution in [2.24, 2.45) is 0 Å². The SMILES string of the molecule is CC(C)(C)NCc1sc(C2CCOCC2)nc1C1CC1. The van der Waals surface area contributed by atoms with Crippen molar-refractivity contribution < 1.29 is 4.74 Å². The van der Waals surface area contributed by atoms with Crippen LogP contribution in [0.4, 0.5) is 0 Å². The monoisotopic (exact) mass is 294 g/mol. The number of hydrogen-bond donors (Lipinski definition) is 1. The molecule has 1 N–H and O–H groups in total. The van der Waals surface area contributed by atoms with E-state index >= 15 is 0 Å². The predicted octanol–water partition coefficient (Wildman–Crippen LogP) is 3.80. The first-order chi connectivity index (χ1) is 9.53. The Labute approximate surface area is 126 Å². The highest BCUT2D eigenvalue weighted by Gasteiger charge is 2.31.